The van der Waals surface area contributed by atoms with Crippen LogP contribution >= 0.6 is 0 Å². The molecular formula is C33H68O7Si3. The summed E-state index contributed by atoms with van der Waals surface area (Å²) >= 11 is 0. The molecule has 2 fully saturated rings. The third-order valence-electron chi connectivity index (χ3n) is 10.9. The molecule has 0 amide bonds. The van der Waals surface area contributed by atoms with Crippen molar-refractivity contribution in [2.75, 3.05) is 7.11 Å². The molecule has 10 heteroatoms. The second kappa shape index (κ2) is 14.1. The van der Waals surface area contributed by atoms with Crippen LogP contribution in [0.3, 0.4) is 0 Å². The number of hydrogen-bond acceptors (Lipinski definition) is 7. The largest absolute Gasteiger partial charge is 0.408 e. The van der Waals surface area contributed by atoms with E-state index >= 15 is 0 Å². The molecule has 0 aromatic carbocycles. The van der Waals surface area contributed by atoms with E-state index in [1.807, 2.05) is 0 Å². The molecular weight excluding hydrogens is 593 g/mol. The minimum Gasteiger partial charge on any atom is -0.408 e. The second-order valence-corrected chi connectivity index (χ2v) is 31.7. The van der Waals surface area contributed by atoms with Gasteiger partial charge in [-0.3, -0.25) is 0 Å². The van der Waals surface area contributed by atoms with Crippen LogP contribution in [0.1, 0.15) is 88.5 Å². The molecule has 4 unspecified atom stereocenters. The Labute approximate surface area is 268 Å². The minimum atomic E-state index is -2.30. The first-order valence-corrected chi connectivity index (χ1v) is 25.2. The highest BCUT2D eigenvalue weighted by Gasteiger charge is 2.57. The van der Waals surface area contributed by atoms with Gasteiger partial charge in [0.1, 0.15) is 24.4 Å². The molecule has 0 aliphatic carbocycles. The summed E-state index contributed by atoms with van der Waals surface area (Å²) in [5.74, 6) is 0. The Morgan fingerprint density at radius 2 is 1.26 bits per heavy atom. The first kappa shape index (κ1) is 39.3. The second-order valence-electron chi connectivity index (χ2n) is 17.4. The van der Waals surface area contributed by atoms with Crippen molar-refractivity contribution < 1.29 is 32.6 Å². The summed E-state index contributed by atoms with van der Waals surface area (Å²) in [6.07, 6.45) is 3.43. The summed E-state index contributed by atoms with van der Waals surface area (Å²) in [5.41, 5.74) is 0. The SMILES string of the molecule is C/C=C/C(O[Si](C)(C)C(C)(C)C)[C@@H]1O[C@H]2CC[C@H](CC(O)OC)O[C@@H]2C(O[Si](C)(C)C(C)(C)C)C1O[Si](C)(C)C(C)(C)C. The number of aliphatic hydroxyl groups is 1. The van der Waals surface area contributed by atoms with Crippen molar-refractivity contribution in [2.45, 2.75) is 192 Å². The maximum Gasteiger partial charge on any atom is 0.193 e. The van der Waals surface area contributed by atoms with Gasteiger partial charge in [-0.1, -0.05) is 74.5 Å². The van der Waals surface area contributed by atoms with E-state index in [1.165, 1.54) is 7.11 Å². The highest BCUT2D eigenvalue weighted by atomic mass is 28.4. The molecule has 43 heavy (non-hydrogen) atoms. The van der Waals surface area contributed by atoms with Gasteiger partial charge in [0.25, 0.3) is 0 Å². The Morgan fingerprint density at radius 3 is 1.70 bits per heavy atom. The van der Waals surface area contributed by atoms with E-state index < -0.39 is 31.2 Å². The standard InChI is InChI=1S/C33H68O7Si3/c1-18-19-25(38-41(12,13)31(2,3)4)28-30(40-43(16,17)33(8,9)10)29(39-42(14,15)32(5,6)7)27-24(37-28)21-20-23(36-27)22-26(34)35-11/h18-19,23-30,34H,20-22H2,1-17H3/b19-18+/t23-,24+,25?,26?,27+,28+,29?,30?/m1/s1. The predicted octanol–water partition coefficient (Wildman–Crippen LogP) is 8.40. The van der Waals surface area contributed by atoms with Gasteiger partial charge in [-0.15, -0.1) is 0 Å². The fourth-order valence-electron chi connectivity index (χ4n) is 4.96. The predicted molar refractivity (Wildman–Crippen MR) is 185 cm³/mol. The van der Waals surface area contributed by atoms with E-state index in [0.29, 0.717) is 6.42 Å². The molecule has 0 aromatic rings. The van der Waals surface area contributed by atoms with Gasteiger partial charge in [0.2, 0.25) is 0 Å². The monoisotopic (exact) mass is 660 g/mol. The normalized spacial score (nSPS) is 29.9. The smallest absolute Gasteiger partial charge is 0.193 e. The van der Waals surface area contributed by atoms with Crippen molar-refractivity contribution in [1.82, 2.24) is 0 Å². The van der Waals surface area contributed by atoms with E-state index in [4.69, 9.17) is 27.5 Å². The molecule has 1 N–H and O–H groups in total. The van der Waals surface area contributed by atoms with Crippen LogP contribution in [0.25, 0.3) is 0 Å². The van der Waals surface area contributed by atoms with E-state index in [1.54, 1.807) is 0 Å². The van der Waals surface area contributed by atoms with Gasteiger partial charge in [0.05, 0.1) is 18.3 Å². The zero-order chi connectivity index (χ0) is 33.4. The summed E-state index contributed by atoms with van der Waals surface area (Å²) in [7, 11) is -5.21. The lowest BCUT2D eigenvalue weighted by molar-refractivity contribution is -0.271. The Balaban J connectivity index is 2.73. The number of hydrogen-bond donors (Lipinski definition) is 1. The van der Waals surface area contributed by atoms with Gasteiger partial charge in [0, 0.05) is 13.5 Å². The van der Waals surface area contributed by atoms with E-state index in [-0.39, 0.29) is 57.8 Å². The summed E-state index contributed by atoms with van der Waals surface area (Å²) in [5, 5.41) is 10.3. The Bertz CT molecular complexity index is 917. The van der Waals surface area contributed by atoms with Crippen LogP contribution in [-0.4, -0.2) is 86.2 Å². The summed E-state index contributed by atoms with van der Waals surface area (Å²) < 4.78 is 41.1. The molecule has 0 bridgehead atoms. The number of rotatable bonds is 11. The summed E-state index contributed by atoms with van der Waals surface area (Å²) in [6, 6.07) is 0. The van der Waals surface area contributed by atoms with Crippen molar-refractivity contribution in [3.05, 3.63) is 12.2 Å². The number of methoxy groups -OCH3 is 1. The van der Waals surface area contributed by atoms with Gasteiger partial charge >= 0.3 is 0 Å². The molecule has 0 saturated carbocycles. The molecule has 2 saturated heterocycles. The van der Waals surface area contributed by atoms with Crippen molar-refractivity contribution in [1.29, 1.82) is 0 Å². The first-order valence-electron chi connectivity index (χ1n) is 16.5. The molecule has 2 heterocycles. The highest BCUT2D eigenvalue weighted by molar-refractivity contribution is 6.75. The quantitative estimate of drug-likeness (QED) is 0.136. The summed E-state index contributed by atoms with van der Waals surface area (Å²) in [4.78, 5) is 0. The fraction of sp³-hybridized carbons (Fsp3) is 0.939. The van der Waals surface area contributed by atoms with Gasteiger partial charge in [-0.05, 0) is 74.2 Å². The van der Waals surface area contributed by atoms with Crippen LogP contribution in [0, 0.1) is 0 Å². The molecule has 2 aliphatic rings. The van der Waals surface area contributed by atoms with Gasteiger partial charge in [-0.25, -0.2) is 0 Å². The molecule has 2 aliphatic heterocycles. The van der Waals surface area contributed by atoms with Crippen LogP contribution in [0.5, 0.6) is 0 Å². The average molecular weight is 661 g/mol. The van der Waals surface area contributed by atoms with Crippen LogP contribution in [0.2, 0.25) is 54.4 Å². The summed E-state index contributed by atoms with van der Waals surface area (Å²) in [6.45, 7) is 36.4. The molecule has 2 rings (SSSR count). The highest BCUT2D eigenvalue weighted by Crippen LogP contribution is 2.47. The average Bonchev–Trinajstić information content (AvgIpc) is 2.82. The van der Waals surface area contributed by atoms with Crippen LogP contribution in [0.15, 0.2) is 12.2 Å². The number of allylic oxidation sites excluding steroid dienone is 1. The minimum absolute atomic E-state index is 0.00149. The van der Waals surface area contributed by atoms with Gasteiger partial charge < -0.3 is 32.6 Å². The van der Waals surface area contributed by atoms with Crippen LogP contribution in [0.4, 0.5) is 0 Å². The molecule has 8 atom stereocenters. The molecule has 0 aromatic heterocycles. The molecule has 254 valence electrons. The third kappa shape index (κ3) is 9.58. The number of ether oxygens (including phenoxy) is 3. The lowest BCUT2D eigenvalue weighted by Gasteiger charge is -2.56. The zero-order valence-electron chi connectivity index (χ0n) is 30.8. The topological polar surface area (TPSA) is 75.6 Å². The third-order valence-corrected chi connectivity index (χ3v) is 24.4. The van der Waals surface area contributed by atoms with Crippen LogP contribution in [-0.2, 0) is 27.5 Å². The lowest BCUT2D eigenvalue weighted by Crippen LogP contribution is -2.69. The number of fused-ring (bicyclic) bond motifs is 1. The molecule has 0 radical (unpaired) electrons. The Kier molecular flexibility index (Phi) is 12.9. The van der Waals surface area contributed by atoms with Crippen molar-refractivity contribution in [3.8, 4) is 0 Å². The molecule has 7 nitrogen and oxygen atoms in total. The fourth-order valence-corrected chi connectivity index (χ4v) is 8.81. The van der Waals surface area contributed by atoms with Crippen molar-refractivity contribution in [3.63, 3.8) is 0 Å². The van der Waals surface area contributed by atoms with E-state index in [9.17, 15) is 5.11 Å². The maximum absolute atomic E-state index is 10.3. The number of aliphatic hydroxyl groups excluding tert-OH is 1. The van der Waals surface area contributed by atoms with Gasteiger partial charge in [-0.2, -0.15) is 0 Å². The lowest BCUT2D eigenvalue weighted by atomic mass is 9.87. The maximum atomic E-state index is 10.3. The van der Waals surface area contributed by atoms with Crippen molar-refractivity contribution >= 4 is 25.0 Å². The first-order chi connectivity index (χ1) is 19.3. The van der Waals surface area contributed by atoms with Crippen molar-refractivity contribution in [2.24, 2.45) is 0 Å². The van der Waals surface area contributed by atoms with Crippen LogP contribution < -0.4 is 0 Å². The Morgan fingerprint density at radius 1 is 0.767 bits per heavy atom. The van der Waals surface area contributed by atoms with E-state index in [2.05, 4.69) is 121 Å². The molecule has 0 spiro atoms. The zero-order valence-corrected chi connectivity index (χ0v) is 33.8. The van der Waals surface area contributed by atoms with E-state index in [0.717, 1.165) is 12.8 Å². The Hall–Kier alpha value is 0.111. The van der Waals surface area contributed by atoms with Gasteiger partial charge in [0.15, 0.2) is 31.2 Å².